The maximum Gasteiger partial charge on any atom is 0.344 e. The molecule has 2 aromatic carbocycles. The summed E-state index contributed by atoms with van der Waals surface area (Å²) >= 11 is 0. The van der Waals surface area contributed by atoms with Crippen LogP contribution >= 0.6 is 0 Å². The van der Waals surface area contributed by atoms with Gasteiger partial charge in [0.2, 0.25) is 0 Å². The third kappa shape index (κ3) is 12.6. The molecule has 2 rings (SSSR count). The highest BCUT2D eigenvalue weighted by molar-refractivity contribution is 5.73. The third-order valence-electron chi connectivity index (χ3n) is 5.77. The van der Waals surface area contributed by atoms with Crippen molar-refractivity contribution in [3.05, 3.63) is 48.5 Å². The number of aliphatic carboxylic acids is 2. The zero-order valence-electron chi connectivity index (χ0n) is 23.4. The number of ether oxygens (including phenoxy) is 6. The Balaban J connectivity index is 1.64. The number of benzene rings is 2. The highest BCUT2D eigenvalue weighted by Gasteiger charge is 2.21. The standard InChI is InChI=1S/C30H42O10/c1-3-5-11-27(29(31)32)39-25-15-9-7-13-23(25)37-21-19-35-17-18-36-20-22-38-24-14-8-10-16-26(24)40-28(30(33)34)12-6-4-2/h7-10,13-16,27-28H,3-6,11-12,17-22H2,1-2H3,(H,31,32)(H,33,34). The molecule has 0 heterocycles. The van der Waals surface area contributed by atoms with Gasteiger partial charge < -0.3 is 38.6 Å². The van der Waals surface area contributed by atoms with Crippen LogP contribution in [-0.4, -0.2) is 74.0 Å². The fraction of sp³-hybridized carbons (Fsp3) is 0.533. The largest absolute Gasteiger partial charge is 0.487 e. The van der Waals surface area contributed by atoms with Crippen LogP contribution in [0, 0.1) is 0 Å². The summed E-state index contributed by atoms with van der Waals surface area (Å²) in [6.07, 6.45) is 2.31. The summed E-state index contributed by atoms with van der Waals surface area (Å²) in [7, 11) is 0. The summed E-state index contributed by atoms with van der Waals surface area (Å²) in [6.45, 7) is 5.89. The fourth-order valence-electron chi connectivity index (χ4n) is 3.63. The van der Waals surface area contributed by atoms with Gasteiger partial charge >= 0.3 is 11.9 Å². The number of unbranched alkanes of at least 4 members (excludes halogenated alkanes) is 2. The van der Waals surface area contributed by atoms with Crippen molar-refractivity contribution in [2.75, 3.05) is 39.6 Å². The molecular weight excluding hydrogens is 520 g/mol. The molecule has 0 radical (unpaired) electrons. The molecule has 0 aliphatic carbocycles. The molecule has 40 heavy (non-hydrogen) atoms. The van der Waals surface area contributed by atoms with Crippen molar-refractivity contribution in [1.29, 1.82) is 0 Å². The van der Waals surface area contributed by atoms with E-state index in [0.29, 0.717) is 62.3 Å². The van der Waals surface area contributed by atoms with Crippen LogP contribution in [-0.2, 0) is 19.1 Å². The van der Waals surface area contributed by atoms with Gasteiger partial charge in [0.25, 0.3) is 0 Å². The van der Waals surface area contributed by atoms with E-state index in [1.807, 2.05) is 13.8 Å². The topological polar surface area (TPSA) is 130 Å². The number of carbonyl (C=O) groups is 2. The van der Waals surface area contributed by atoms with Crippen molar-refractivity contribution in [3.8, 4) is 23.0 Å². The highest BCUT2D eigenvalue weighted by Crippen LogP contribution is 2.29. The maximum absolute atomic E-state index is 11.5. The first-order valence-corrected chi connectivity index (χ1v) is 13.8. The van der Waals surface area contributed by atoms with E-state index in [9.17, 15) is 19.8 Å². The monoisotopic (exact) mass is 562 g/mol. The third-order valence-corrected chi connectivity index (χ3v) is 5.77. The molecule has 0 fully saturated rings. The molecule has 2 atom stereocenters. The second-order valence-electron chi connectivity index (χ2n) is 8.99. The normalized spacial score (nSPS) is 12.3. The second kappa shape index (κ2) is 19.5. The Hall–Kier alpha value is -3.50. The summed E-state index contributed by atoms with van der Waals surface area (Å²) in [5, 5.41) is 18.8. The first-order chi connectivity index (χ1) is 19.5. The minimum absolute atomic E-state index is 0.266. The first-order valence-electron chi connectivity index (χ1n) is 13.8. The quantitative estimate of drug-likeness (QED) is 0.174. The molecular formula is C30H42O10. The lowest BCUT2D eigenvalue weighted by molar-refractivity contribution is -0.146. The van der Waals surface area contributed by atoms with Crippen molar-refractivity contribution in [3.63, 3.8) is 0 Å². The zero-order chi connectivity index (χ0) is 29.0. The van der Waals surface area contributed by atoms with Crippen LogP contribution in [0.1, 0.15) is 52.4 Å². The summed E-state index contributed by atoms with van der Waals surface area (Å²) < 4.78 is 34.0. The van der Waals surface area contributed by atoms with Gasteiger partial charge in [-0.1, -0.05) is 51.0 Å². The van der Waals surface area contributed by atoms with Gasteiger partial charge in [0, 0.05) is 0 Å². The van der Waals surface area contributed by atoms with Gasteiger partial charge in [-0.05, 0) is 49.9 Å². The van der Waals surface area contributed by atoms with E-state index in [4.69, 9.17) is 28.4 Å². The van der Waals surface area contributed by atoms with Gasteiger partial charge in [-0.2, -0.15) is 0 Å². The number of rotatable bonds is 23. The molecule has 10 heteroatoms. The Morgan fingerprint density at radius 3 is 1.30 bits per heavy atom. The molecule has 0 saturated carbocycles. The van der Waals surface area contributed by atoms with E-state index in [-0.39, 0.29) is 13.2 Å². The first kappa shape index (κ1) is 32.7. The number of hydrogen-bond donors (Lipinski definition) is 2. The molecule has 0 amide bonds. The summed E-state index contributed by atoms with van der Waals surface area (Å²) in [6, 6.07) is 14.0. The van der Waals surface area contributed by atoms with Crippen LogP contribution in [0.5, 0.6) is 23.0 Å². The second-order valence-corrected chi connectivity index (χ2v) is 8.99. The Labute approximate surface area is 236 Å². The number of carboxylic acids is 2. The fourth-order valence-corrected chi connectivity index (χ4v) is 3.63. The predicted molar refractivity (Wildman–Crippen MR) is 149 cm³/mol. The van der Waals surface area contributed by atoms with E-state index in [1.165, 1.54) is 0 Å². The predicted octanol–water partition coefficient (Wildman–Crippen LogP) is 5.22. The Morgan fingerprint density at radius 2 is 0.950 bits per heavy atom. The van der Waals surface area contributed by atoms with E-state index in [0.717, 1.165) is 25.7 Å². The zero-order valence-corrected chi connectivity index (χ0v) is 23.4. The van der Waals surface area contributed by atoms with Crippen LogP contribution in [0.2, 0.25) is 0 Å². The van der Waals surface area contributed by atoms with E-state index in [2.05, 4.69) is 0 Å². The number of para-hydroxylation sites is 4. The number of hydrogen-bond acceptors (Lipinski definition) is 8. The lowest BCUT2D eigenvalue weighted by atomic mass is 10.1. The van der Waals surface area contributed by atoms with Crippen LogP contribution in [0.4, 0.5) is 0 Å². The van der Waals surface area contributed by atoms with Crippen molar-refractivity contribution in [2.45, 2.75) is 64.6 Å². The highest BCUT2D eigenvalue weighted by atomic mass is 16.6. The van der Waals surface area contributed by atoms with Crippen molar-refractivity contribution in [1.82, 2.24) is 0 Å². The average Bonchev–Trinajstić information content (AvgIpc) is 2.95. The molecule has 10 nitrogen and oxygen atoms in total. The van der Waals surface area contributed by atoms with Crippen molar-refractivity contribution in [2.24, 2.45) is 0 Å². The SMILES string of the molecule is CCCCC(Oc1ccccc1OCCOCCOCCOc1ccccc1OC(CCCC)C(=O)O)C(=O)O. The maximum atomic E-state index is 11.5. The van der Waals surface area contributed by atoms with Crippen LogP contribution in [0.25, 0.3) is 0 Å². The lowest BCUT2D eigenvalue weighted by Crippen LogP contribution is -2.27. The van der Waals surface area contributed by atoms with Gasteiger partial charge in [0.15, 0.2) is 35.2 Å². The molecule has 0 aromatic heterocycles. The van der Waals surface area contributed by atoms with Crippen LogP contribution in [0.3, 0.4) is 0 Å². The Morgan fingerprint density at radius 1 is 0.600 bits per heavy atom. The molecule has 0 spiro atoms. The minimum Gasteiger partial charge on any atom is -0.487 e. The molecule has 0 bridgehead atoms. The van der Waals surface area contributed by atoms with Crippen molar-refractivity contribution < 1.29 is 48.2 Å². The van der Waals surface area contributed by atoms with E-state index >= 15 is 0 Å². The van der Waals surface area contributed by atoms with E-state index < -0.39 is 24.1 Å². The number of carboxylic acid groups (broad SMARTS) is 2. The molecule has 2 N–H and O–H groups in total. The van der Waals surface area contributed by atoms with Gasteiger partial charge in [0.1, 0.15) is 13.2 Å². The Kier molecular flexibility index (Phi) is 16.0. The lowest BCUT2D eigenvalue weighted by Gasteiger charge is -2.18. The van der Waals surface area contributed by atoms with Gasteiger partial charge in [-0.25, -0.2) is 9.59 Å². The van der Waals surface area contributed by atoms with Crippen LogP contribution < -0.4 is 18.9 Å². The average molecular weight is 563 g/mol. The van der Waals surface area contributed by atoms with Gasteiger partial charge in [0.05, 0.1) is 26.4 Å². The van der Waals surface area contributed by atoms with Gasteiger partial charge in [-0.15, -0.1) is 0 Å². The molecule has 0 saturated heterocycles. The molecule has 2 unspecified atom stereocenters. The Bertz CT molecular complexity index is 916. The molecule has 0 aliphatic heterocycles. The summed E-state index contributed by atoms with van der Waals surface area (Å²) in [5.74, 6) is -0.285. The van der Waals surface area contributed by atoms with Crippen molar-refractivity contribution >= 4 is 11.9 Å². The molecule has 0 aliphatic rings. The van der Waals surface area contributed by atoms with Gasteiger partial charge in [-0.3, -0.25) is 0 Å². The molecule has 222 valence electrons. The summed E-state index contributed by atoms with van der Waals surface area (Å²) in [4.78, 5) is 23.0. The van der Waals surface area contributed by atoms with Crippen LogP contribution in [0.15, 0.2) is 48.5 Å². The smallest absolute Gasteiger partial charge is 0.344 e. The van der Waals surface area contributed by atoms with E-state index in [1.54, 1.807) is 48.5 Å². The molecule has 2 aromatic rings. The minimum atomic E-state index is -0.997. The summed E-state index contributed by atoms with van der Waals surface area (Å²) in [5.41, 5.74) is 0.